The molecule has 0 radical (unpaired) electrons. The molecule has 1 aromatic rings. The van der Waals surface area contributed by atoms with E-state index in [1.165, 1.54) is 12.8 Å². The number of aromatic nitrogens is 1. The van der Waals surface area contributed by atoms with E-state index in [4.69, 9.17) is 10.5 Å². The maximum Gasteiger partial charge on any atom is 0.126 e. The van der Waals surface area contributed by atoms with Crippen LogP contribution in [0, 0.1) is 6.92 Å². The minimum atomic E-state index is 0.437. The molecule has 0 bridgehead atoms. The average Bonchev–Trinajstić information content (AvgIpc) is 2.92. The fraction of sp³-hybridized carbons (Fsp3) is 0.500. The number of pyridine rings is 1. The molecule has 1 aliphatic carbocycles. The van der Waals surface area contributed by atoms with E-state index in [0.29, 0.717) is 12.6 Å². The van der Waals surface area contributed by atoms with Gasteiger partial charge in [0.1, 0.15) is 5.75 Å². The van der Waals surface area contributed by atoms with Crippen LogP contribution >= 0.6 is 0 Å². The predicted octanol–water partition coefficient (Wildman–Crippen LogP) is 1.39. The maximum atomic E-state index is 5.70. The summed E-state index contributed by atoms with van der Waals surface area (Å²) in [6.45, 7) is 2.49. The van der Waals surface area contributed by atoms with E-state index in [-0.39, 0.29) is 0 Å². The summed E-state index contributed by atoms with van der Waals surface area (Å²) in [5.41, 5.74) is 7.56. The van der Waals surface area contributed by atoms with Crippen molar-refractivity contribution in [3.05, 3.63) is 23.5 Å². The molecule has 1 heterocycles. The van der Waals surface area contributed by atoms with E-state index in [0.717, 1.165) is 17.0 Å². The smallest absolute Gasteiger partial charge is 0.126 e. The first-order valence-electron chi connectivity index (χ1n) is 4.62. The Hall–Kier alpha value is -1.09. The van der Waals surface area contributed by atoms with Gasteiger partial charge in [-0.05, 0) is 25.8 Å². The van der Waals surface area contributed by atoms with Crippen molar-refractivity contribution < 1.29 is 4.74 Å². The summed E-state index contributed by atoms with van der Waals surface area (Å²) >= 11 is 0. The number of hydrogen-bond donors (Lipinski definition) is 1. The van der Waals surface area contributed by atoms with E-state index >= 15 is 0 Å². The van der Waals surface area contributed by atoms with Gasteiger partial charge < -0.3 is 10.5 Å². The Morgan fingerprint density at radius 2 is 2.38 bits per heavy atom. The molecule has 70 valence electrons. The van der Waals surface area contributed by atoms with Gasteiger partial charge in [-0.2, -0.15) is 0 Å². The van der Waals surface area contributed by atoms with Gasteiger partial charge in [0, 0.05) is 18.3 Å². The average molecular weight is 178 g/mol. The third kappa shape index (κ3) is 1.80. The molecule has 1 aliphatic rings. The van der Waals surface area contributed by atoms with Gasteiger partial charge in [0.2, 0.25) is 0 Å². The molecule has 0 aliphatic heterocycles. The fourth-order valence-electron chi connectivity index (χ4n) is 1.26. The topological polar surface area (TPSA) is 48.1 Å². The Balaban J connectivity index is 2.22. The van der Waals surface area contributed by atoms with Crippen LogP contribution in [0.15, 0.2) is 12.3 Å². The highest BCUT2D eigenvalue weighted by Gasteiger charge is 2.24. The predicted molar refractivity (Wildman–Crippen MR) is 50.5 cm³/mol. The SMILES string of the molecule is Cc1c(OC2CC2)ccnc1CN. The van der Waals surface area contributed by atoms with Crippen molar-refractivity contribution in [2.45, 2.75) is 32.4 Å². The van der Waals surface area contributed by atoms with Gasteiger partial charge in [-0.1, -0.05) is 0 Å². The van der Waals surface area contributed by atoms with Crippen molar-refractivity contribution in [2.24, 2.45) is 5.73 Å². The molecule has 1 aromatic heterocycles. The van der Waals surface area contributed by atoms with Crippen LogP contribution in [0.4, 0.5) is 0 Å². The van der Waals surface area contributed by atoms with Gasteiger partial charge in [-0.3, -0.25) is 4.98 Å². The lowest BCUT2D eigenvalue weighted by Gasteiger charge is -2.09. The summed E-state index contributed by atoms with van der Waals surface area (Å²) in [5.74, 6) is 0.943. The number of rotatable bonds is 3. The van der Waals surface area contributed by atoms with Gasteiger partial charge in [0.15, 0.2) is 0 Å². The van der Waals surface area contributed by atoms with Gasteiger partial charge in [-0.25, -0.2) is 0 Å². The molecule has 3 heteroatoms. The molecule has 2 N–H and O–H groups in total. The van der Waals surface area contributed by atoms with E-state index in [1.807, 2.05) is 13.0 Å². The highest BCUT2D eigenvalue weighted by atomic mass is 16.5. The minimum Gasteiger partial charge on any atom is -0.490 e. The van der Waals surface area contributed by atoms with Crippen molar-refractivity contribution in [3.8, 4) is 5.75 Å². The molecule has 0 saturated heterocycles. The second kappa shape index (κ2) is 3.34. The molecule has 0 amide bonds. The second-order valence-corrected chi connectivity index (χ2v) is 3.40. The summed E-state index contributed by atoms with van der Waals surface area (Å²) in [5, 5.41) is 0. The number of nitrogens with zero attached hydrogens (tertiary/aromatic N) is 1. The van der Waals surface area contributed by atoms with Gasteiger partial charge >= 0.3 is 0 Å². The second-order valence-electron chi connectivity index (χ2n) is 3.40. The molecule has 0 unspecified atom stereocenters. The van der Waals surface area contributed by atoms with Crippen molar-refractivity contribution >= 4 is 0 Å². The molecule has 0 aromatic carbocycles. The van der Waals surface area contributed by atoms with Crippen molar-refractivity contribution in [2.75, 3.05) is 0 Å². The van der Waals surface area contributed by atoms with Gasteiger partial charge in [0.05, 0.1) is 11.8 Å². The summed E-state index contributed by atoms with van der Waals surface area (Å²) < 4.78 is 5.70. The Bertz CT molecular complexity index is 308. The Kier molecular flexibility index (Phi) is 2.19. The van der Waals surface area contributed by atoms with Crippen LogP contribution in [0.2, 0.25) is 0 Å². The Morgan fingerprint density at radius 1 is 1.62 bits per heavy atom. The van der Waals surface area contributed by atoms with Crippen molar-refractivity contribution in [1.82, 2.24) is 4.98 Å². The zero-order valence-corrected chi connectivity index (χ0v) is 7.79. The molecule has 1 fully saturated rings. The Labute approximate surface area is 77.9 Å². The van der Waals surface area contributed by atoms with Crippen LogP contribution in [0.3, 0.4) is 0 Å². The first kappa shape index (κ1) is 8.51. The van der Waals surface area contributed by atoms with Crippen LogP contribution in [0.25, 0.3) is 0 Å². The zero-order valence-electron chi connectivity index (χ0n) is 7.79. The van der Waals surface area contributed by atoms with E-state index < -0.39 is 0 Å². The highest BCUT2D eigenvalue weighted by molar-refractivity contribution is 5.34. The lowest BCUT2D eigenvalue weighted by atomic mass is 10.2. The lowest BCUT2D eigenvalue weighted by molar-refractivity contribution is 0.300. The third-order valence-corrected chi connectivity index (χ3v) is 2.27. The largest absolute Gasteiger partial charge is 0.490 e. The molecular formula is C10H14N2O. The highest BCUT2D eigenvalue weighted by Crippen LogP contribution is 2.29. The number of hydrogen-bond acceptors (Lipinski definition) is 3. The zero-order chi connectivity index (χ0) is 9.26. The molecule has 0 atom stereocenters. The van der Waals surface area contributed by atoms with E-state index in [9.17, 15) is 0 Å². The molecule has 1 saturated carbocycles. The number of nitrogens with two attached hydrogens (primary N) is 1. The number of ether oxygens (including phenoxy) is 1. The molecule has 13 heavy (non-hydrogen) atoms. The maximum absolute atomic E-state index is 5.70. The first-order chi connectivity index (χ1) is 6.31. The molecule has 0 spiro atoms. The van der Waals surface area contributed by atoms with Crippen LogP contribution < -0.4 is 10.5 Å². The van der Waals surface area contributed by atoms with Crippen molar-refractivity contribution in [3.63, 3.8) is 0 Å². The quantitative estimate of drug-likeness (QED) is 0.760. The van der Waals surface area contributed by atoms with Crippen LogP contribution in [-0.2, 0) is 6.54 Å². The third-order valence-electron chi connectivity index (χ3n) is 2.27. The standard InChI is InChI=1S/C10H14N2O/c1-7-9(6-11)12-5-4-10(7)13-8-2-3-8/h4-5,8H,2-3,6,11H2,1H3. The van der Waals surface area contributed by atoms with Crippen LogP contribution in [0.1, 0.15) is 24.1 Å². The minimum absolute atomic E-state index is 0.437. The molecule has 3 nitrogen and oxygen atoms in total. The van der Waals surface area contributed by atoms with Crippen LogP contribution in [-0.4, -0.2) is 11.1 Å². The van der Waals surface area contributed by atoms with Crippen LogP contribution in [0.5, 0.6) is 5.75 Å². The molecule has 2 rings (SSSR count). The summed E-state index contributed by atoms with van der Waals surface area (Å²) in [4.78, 5) is 4.18. The first-order valence-corrected chi connectivity index (χ1v) is 4.62. The van der Waals surface area contributed by atoms with E-state index in [1.54, 1.807) is 6.20 Å². The fourth-order valence-corrected chi connectivity index (χ4v) is 1.26. The van der Waals surface area contributed by atoms with Gasteiger partial charge in [-0.15, -0.1) is 0 Å². The monoisotopic (exact) mass is 178 g/mol. The molecular weight excluding hydrogens is 164 g/mol. The van der Waals surface area contributed by atoms with Gasteiger partial charge in [0.25, 0.3) is 0 Å². The summed E-state index contributed by atoms with van der Waals surface area (Å²) in [6.07, 6.45) is 4.55. The summed E-state index contributed by atoms with van der Waals surface area (Å²) in [7, 11) is 0. The Morgan fingerprint density at radius 3 is 3.00 bits per heavy atom. The normalized spacial score (nSPS) is 15.8. The van der Waals surface area contributed by atoms with E-state index in [2.05, 4.69) is 4.98 Å². The summed E-state index contributed by atoms with van der Waals surface area (Å²) in [6, 6.07) is 1.91. The lowest BCUT2D eigenvalue weighted by Crippen LogP contribution is -2.05. The van der Waals surface area contributed by atoms with Crippen molar-refractivity contribution in [1.29, 1.82) is 0 Å².